The molecule has 0 spiro atoms. The average molecular weight is 334 g/mol. The smallest absolute Gasteiger partial charge is 0.335 e. The molecule has 0 aliphatic rings. The predicted molar refractivity (Wildman–Crippen MR) is 85.0 cm³/mol. The Hall–Kier alpha value is -2.87. The predicted octanol–water partition coefficient (Wildman–Crippen LogP) is 2.14. The zero-order chi connectivity index (χ0) is 17.0. The van der Waals surface area contributed by atoms with Gasteiger partial charge in [0.2, 0.25) is 5.91 Å². The van der Waals surface area contributed by atoms with Crippen LogP contribution in [0, 0.1) is 0 Å². The van der Waals surface area contributed by atoms with E-state index in [0.717, 1.165) is 6.07 Å². The number of benzene rings is 2. The Labute approximate surface area is 133 Å². The van der Waals surface area contributed by atoms with Crippen LogP contribution in [-0.2, 0) is 14.8 Å². The molecule has 0 radical (unpaired) electrons. The number of carbonyl (C=O) groups is 2. The van der Waals surface area contributed by atoms with Crippen molar-refractivity contribution in [1.29, 1.82) is 0 Å². The highest BCUT2D eigenvalue weighted by atomic mass is 32.2. The molecule has 23 heavy (non-hydrogen) atoms. The summed E-state index contributed by atoms with van der Waals surface area (Å²) in [5, 5.41) is 11.5. The lowest BCUT2D eigenvalue weighted by atomic mass is 10.2. The first-order valence-corrected chi connectivity index (χ1v) is 8.00. The number of sulfonamides is 1. The van der Waals surface area contributed by atoms with Crippen LogP contribution >= 0.6 is 0 Å². The fourth-order valence-electron chi connectivity index (χ4n) is 1.87. The second-order valence-corrected chi connectivity index (χ2v) is 6.38. The summed E-state index contributed by atoms with van der Waals surface area (Å²) in [5.41, 5.74) is 0.564. The van der Waals surface area contributed by atoms with Crippen molar-refractivity contribution >= 4 is 33.3 Å². The molecule has 0 fully saturated rings. The molecular weight excluding hydrogens is 320 g/mol. The summed E-state index contributed by atoms with van der Waals surface area (Å²) in [6.45, 7) is 1.34. The van der Waals surface area contributed by atoms with E-state index in [0.29, 0.717) is 5.69 Å². The quantitative estimate of drug-likeness (QED) is 0.775. The van der Waals surface area contributed by atoms with Gasteiger partial charge in [0, 0.05) is 12.6 Å². The topological polar surface area (TPSA) is 113 Å². The van der Waals surface area contributed by atoms with E-state index in [1.807, 2.05) is 0 Å². The van der Waals surface area contributed by atoms with Crippen LogP contribution < -0.4 is 10.0 Å². The molecule has 0 aromatic heterocycles. The molecule has 0 aliphatic heterocycles. The summed E-state index contributed by atoms with van der Waals surface area (Å²) in [4.78, 5) is 21.8. The van der Waals surface area contributed by atoms with Crippen LogP contribution in [0.25, 0.3) is 0 Å². The monoisotopic (exact) mass is 334 g/mol. The first-order chi connectivity index (χ1) is 10.8. The Kier molecular flexibility index (Phi) is 4.65. The van der Waals surface area contributed by atoms with Crippen LogP contribution in [0.4, 0.5) is 11.4 Å². The molecule has 0 saturated carbocycles. The van der Waals surface area contributed by atoms with Gasteiger partial charge in [0.1, 0.15) is 0 Å². The highest BCUT2D eigenvalue weighted by Gasteiger charge is 2.16. The molecule has 8 heteroatoms. The lowest BCUT2D eigenvalue weighted by Crippen LogP contribution is -2.14. The summed E-state index contributed by atoms with van der Waals surface area (Å²) < 4.78 is 27.0. The number of carboxylic acid groups (broad SMARTS) is 1. The summed E-state index contributed by atoms with van der Waals surface area (Å²) >= 11 is 0. The standard InChI is InChI=1S/C15H14N2O5S/c1-10(18)16-12-5-3-6-13(9-12)17-23(21,22)14-7-2-4-11(8-14)15(19)20/h2-9,17H,1H3,(H,16,18)(H,19,20). The Balaban J connectivity index is 2.29. The first kappa shape index (κ1) is 16.5. The minimum Gasteiger partial charge on any atom is -0.478 e. The summed E-state index contributed by atoms with van der Waals surface area (Å²) in [6.07, 6.45) is 0. The lowest BCUT2D eigenvalue weighted by molar-refractivity contribution is -0.114. The number of anilines is 2. The van der Waals surface area contributed by atoms with Crippen molar-refractivity contribution in [3.63, 3.8) is 0 Å². The molecule has 0 bridgehead atoms. The van der Waals surface area contributed by atoms with Crippen LogP contribution in [0.1, 0.15) is 17.3 Å². The van der Waals surface area contributed by atoms with E-state index in [1.54, 1.807) is 12.1 Å². The Bertz CT molecular complexity index is 862. The zero-order valence-electron chi connectivity index (χ0n) is 12.1. The molecule has 3 N–H and O–H groups in total. The van der Waals surface area contributed by atoms with E-state index in [1.165, 1.54) is 37.3 Å². The van der Waals surface area contributed by atoms with Crippen molar-refractivity contribution in [3.8, 4) is 0 Å². The first-order valence-electron chi connectivity index (χ1n) is 6.52. The van der Waals surface area contributed by atoms with Gasteiger partial charge in [0.25, 0.3) is 10.0 Å². The fourth-order valence-corrected chi connectivity index (χ4v) is 2.97. The van der Waals surface area contributed by atoms with Gasteiger partial charge in [-0.15, -0.1) is 0 Å². The maximum Gasteiger partial charge on any atom is 0.335 e. The van der Waals surface area contributed by atoms with Gasteiger partial charge in [0.15, 0.2) is 0 Å². The van der Waals surface area contributed by atoms with Crippen molar-refractivity contribution in [2.24, 2.45) is 0 Å². The third-order valence-electron chi connectivity index (χ3n) is 2.83. The van der Waals surface area contributed by atoms with Gasteiger partial charge in [-0.1, -0.05) is 12.1 Å². The van der Waals surface area contributed by atoms with Gasteiger partial charge in [0.05, 0.1) is 16.1 Å². The van der Waals surface area contributed by atoms with Crippen LogP contribution in [0.2, 0.25) is 0 Å². The van der Waals surface area contributed by atoms with Crippen LogP contribution in [0.3, 0.4) is 0 Å². The van der Waals surface area contributed by atoms with Crippen molar-refractivity contribution in [2.45, 2.75) is 11.8 Å². The minimum atomic E-state index is -3.94. The molecule has 1 amide bonds. The van der Waals surface area contributed by atoms with Crippen LogP contribution in [0.15, 0.2) is 53.4 Å². The van der Waals surface area contributed by atoms with E-state index in [9.17, 15) is 18.0 Å². The van der Waals surface area contributed by atoms with E-state index >= 15 is 0 Å². The number of amides is 1. The fraction of sp³-hybridized carbons (Fsp3) is 0.0667. The molecule has 0 aliphatic carbocycles. The third-order valence-corrected chi connectivity index (χ3v) is 4.21. The van der Waals surface area contributed by atoms with Gasteiger partial charge < -0.3 is 10.4 Å². The lowest BCUT2D eigenvalue weighted by Gasteiger charge is -2.10. The van der Waals surface area contributed by atoms with E-state index in [-0.39, 0.29) is 22.1 Å². The summed E-state index contributed by atoms with van der Waals surface area (Å²) in [6, 6.07) is 11.2. The highest BCUT2D eigenvalue weighted by molar-refractivity contribution is 7.92. The third kappa shape index (κ3) is 4.30. The Morgan fingerprint density at radius 1 is 1.00 bits per heavy atom. The summed E-state index contributed by atoms with van der Waals surface area (Å²) in [5.74, 6) is -1.49. The van der Waals surface area contributed by atoms with Crippen molar-refractivity contribution in [1.82, 2.24) is 0 Å². The largest absolute Gasteiger partial charge is 0.478 e. The van der Waals surface area contributed by atoms with Gasteiger partial charge in [-0.3, -0.25) is 9.52 Å². The number of hydrogen-bond acceptors (Lipinski definition) is 4. The molecule has 120 valence electrons. The maximum atomic E-state index is 12.3. The number of carbonyl (C=O) groups excluding carboxylic acids is 1. The molecule has 0 unspecified atom stereocenters. The molecule has 7 nitrogen and oxygen atoms in total. The average Bonchev–Trinajstić information content (AvgIpc) is 2.46. The zero-order valence-corrected chi connectivity index (χ0v) is 12.9. The van der Waals surface area contributed by atoms with Crippen molar-refractivity contribution < 1.29 is 23.1 Å². The van der Waals surface area contributed by atoms with E-state index in [2.05, 4.69) is 10.0 Å². The van der Waals surface area contributed by atoms with E-state index < -0.39 is 16.0 Å². The van der Waals surface area contributed by atoms with Crippen molar-refractivity contribution in [2.75, 3.05) is 10.0 Å². The Morgan fingerprint density at radius 2 is 1.65 bits per heavy atom. The normalized spacial score (nSPS) is 10.8. The highest BCUT2D eigenvalue weighted by Crippen LogP contribution is 2.20. The molecule has 0 heterocycles. The minimum absolute atomic E-state index is 0.125. The van der Waals surface area contributed by atoms with Gasteiger partial charge >= 0.3 is 5.97 Å². The molecule has 0 atom stereocenters. The van der Waals surface area contributed by atoms with Gasteiger partial charge in [-0.05, 0) is 36.4 Å². The molecule has 2 aromatic carbocycles. The second kappa shape index (κ2) is 6.49. The number of hydrogen-bond donors (Lipinski definition) is 3. The van der Waals surface area contributed by atoms with Crippen LogP contribution in [-0.4, -0.2) is 25.4 Å². The number of rotatable bonds is 5. The molecule has 2 aromatic rings. The van der Waals surface area contributed by atoms with E-state index in [4.69, 9.17) is 5.11 Å². The number of aromatic carboxylic acids is 1. The Morgan fingerprint density at radius 3 is 2.30 bits per heavy atom. The second-order valence-electron chi connectivity index (χ2n) is 4.70. The summed E-state index contributed by atoms with van der Waals surface area (Å²) in [7, 11) is -3.94. The number of nitrogens with one attached hydrogen (secondary N) is 2. The van der Waals surface area contributed by atoms with Crippen molar-refractivity contribution in [3.05, 3.63) is 54.1 Å². The molecule has 0 saturated heterocycles. The van der Waals surface area contributed by atoms with Crippen LogP contribution in [0.5, 0.6) is 0 Å². The number of carboxylic acids is 1. The SMILES string of the molecule is CC(=O)Nc1cccc(NS(=O)(=O)c2cccc(C(=O)O)c2)c1. The molecule has 2 rings (SSSR count). The molecular formula is C15H14N2O5S. The maximum absolute atomic E-state index is 12.3. The van der Waals surface area contributed by atoms with Gasteiger partial charge in [-0.25, -0.2) is 13.2 Å². The van der Waals surface area contributed by atoms with Gasteiger partial charge in [-0.2, -0.15) is 0 Å².